The molecule has 4 rings (SSSR count). The van der Waals surface area contributed by atoms with Gasteiger partial charge in [-0.25, -0.2) is 4.79 Å². The van der Waals surface area contributed by atoms with Crippen molar-refractivity contribution in [3.05, 3.63) is 69.3 Å². The monoisotopic (exact) mass is 395 g/mol. The van der Waals surface area contributed by atoms with Crippen LogP contribution in [0.5, 0.6) is 0 Å². The molecule has 0 atom stereocenters. The smallest absolute Gasteiger partial charge is 0.349 e. The summed E-state index contributed by atoms with van der Waals surface area (Å²) in [5, 5.41) is 0. The average Bonchev–Trinajstić information content (AvgIpc) is 2.73. The van der Waals surface area contributed by atoms with E-state index < -0.39 is 5.63 Å². The summed E-state index contributed by atoms with van der Waals surface area (Å²) in [4.78, 5) is 27.5. The van der Waals surface area contributed by atoms with E-state index in [0.717, 1.165) is 45.3 Å². The van der Waals surface area contributed by atoms with Crippen LogP contribution in [0, 0.1) is 12.3 Å². The normalized spacial score (nSPS) is 18.7. The maximum Gasteiger partial charge on any atom is 0.349 e. The number of likely N-dealkylation sites (tertiary alicyclic amines) is 1. The van der Waals surface area contributed by atoms with E-state index in [1.54, 1.807) is 0 Å². The van der Waals surface area contributed by atoms with Crippen molar-refractivity contribution >= 4 is 5.91 Å². The molecule has 0 aliphatic carbocycles. The molecule has 0 radical (unpaired) electrons. The number of carbonyl (C=O) groups is 1. The van der Waals surface area contributed by atoms with E-state index in [4.69, 9.17) is 9.15 Å². The highest BCUT2D eigenvalue weighted by atomic mass is 16.5. The first-order valence-electron chi connectivity index (χ1n) is 10.6. The van der Waals surface area contributed by atoms with Gasteiger partial charge in [0, 0.05) is 32.7 Å². The zero-order chi connectivity index (χ0) is 20.3. The number of amides is 1. The Balaban J connectivity index is 1.43. The van der Waals surface area contributed by atoms with E-state index in [0.29, 0.717) is 36.2 Å². The SMILES string of the molecule is Cc1cc(CCc2ccccc2)oc(=O)c1C(=O)N1CCC2(CCOCC2)CC1. The Bertz CT molecular complexity index is 902. The molecule has 1 aromatic heterocycles. The van der Waals surface area contributed by atoms with Crippen LogP contribution in [0.3, 0.4) is 0 Å². The van der Waals surface area contributed by atoms with Crippen LogP contribution >= 0.6 is 0 Å². The van der Waals surface area contributed by atoms with Crippen LogP contribution < -0.4 is 5.63 Å². The summed E-state index contributed by atoms with van der Waals surface area (Å²) in [5.74, 6) is 0.445. The van der Waals surface area contributed by atoms with Crippen molar-refractivity contribution in [2.75, 3.05) is 26.3 Å². The summed E-state index contributed by atoms with van der Waals surface area (Å²) >= 11 is 0. The Morgan fingerprint density at radius 3 is 2.38 bits per heavy atom. The highest BCUT2D eigenvalue weighted by Crippen LogP contribution is 2.40. The molecule has 154 valence electrons. The second-order valence-electron chi connectivity index (χ2n) is 8.45. The zero-order valence-electron chi connectivity index (χ0n) is 17.1. The molecule has 5 nitrogen and oxygen atoms in total. The minimum absolute atomic E-state index is 0.187. The highest BCUT2D eigenvalue weighted by Gasteiger charge is 2.38. The van der Waals surface area contributed by atoms with E-state index in [-0.39, 0.29) is 11.5 Å². The summed E-state index contributed by atoms with van der Waals surface area (Å²) in [5.41, 5.74) is 1.90. The molecule has 2 aliphatic rings. The van der Waals surface area contributed by atoms with Gasteiger partial charge in [-0.05, 0) is 61.6 Å². The lowest BCUT2D eigenvalue weighted by atomic mass is 9.72. The first kappa shape index (κ1) is 19.9. The zero-order valence-corrected chi connectivity index (χ0v) is 17.1. The summed E-state index contributed by atoms with van der Waals surface area (Å²) < 4.78 is 11.0. The molecule has 2 aromatic rings. The van der Waals surface area contributed by atoms with Crippen molar-refractivity contribution in [3.8, 4) is 0 Å². The molecular weight excluding hydrogens is 366 g/mol. The maximum absolute atomic E-state index is 13.0. The Morgan fingerprint density at radius 2 is 1.72 bits per heavy atom. The number of hydrogen-bond acceptors (Lipinski definition) is 4. The van der Waals surface area contributed by atoms with Crippen molar-refractivity contribution < 1.29 is 13.9 Å². The Labute approximate surface area is 171 Å². The molecule has 2 fully saturated rings. The second-order valence-corrected chi connectivity index (χ2v) is 8.45. The first-order valence-corrected chi connectivity index (χ1v) is 10.6. The van der Waals surface area contributed by atoms with Gasteiger partial charge in [0.1, 0.15) is 11.3 Å². The molecule has 0 bridgehead atoms. The van der Waals surface area contributed by atoms with Crippen molar-refractivity contribution in [1.82, 2.24) is 4.90 Å². The number of rotatable bonds is 4. The number of hydrogen-bond donors (Lipinski definition) is 0. The fourth-order valence-corrected chi connectivity index (χ4v) is 4.61. The van der Waals surface area contributed by atoms with E-state index in [2.05, 4.69) is 12.1 Å². The van der Waals surface area contributed by atoms with Gasteiger partial charge in [-0.15, -0.1) is 0 Å². The first-order chi connectivity index (χ1) is 14.1. The van der Waals surface area contributed by atoms with Crippen LogP contribution in [0.4, 0.5) is 0 Å². The van der Waals surface area contributed by atoms with E-state index in [1.165, 1.54) is 5.56 Å². The lowest BCUT2D eigenvalue weighted by Gasteiger charge is -2.44. The van der Waals surface area contributed by atoms with Gasteiger partial charge in [0.05, 0.1) is 0 Å². The van der Waals surface area contributed by atoms with Gasteiger partial charge in [0.25, 0.3) is 5.91 Å². The van der Waals surface area contributed by atoms with Crippen LogP contribution in [0.1, 0.15) is 52.9 Å². The number of carbonyl (C=O) groups excluding carboxylic acids is 1. The number of benzene rings is 1. The Hall–Kier alpha value is -2.40. The van der Waals surface area contributed by atoms with Gasteiger partial charge in [-0.3, -0.25) is 4.79 Å². The van der Waals surface area contributed by atoms with Crippen molar-refractivity contribution in [1.29, 1.82) is 0 Å². The van der Waals surface area contributed by atoms with Crippen molar-refractivity contribution in [2.24, 2.45) is 5.41 Å². The standard InChI is InChI=1S/C24H29NO4/c1-18-17-20(8-7-19-5-3-2-4-6-19)29-23(27)21(18)22(26)25-13-9-24(10-14-25)11-15-28-16-12-24/h2-6,17H,7-16H2,1H3. The van der Waals surface area contributed by atoms with Crippen LogP contribution in [0.2, 0.25) is 0 Å². The number of nitrogens with zero attached hydrogens (tertiary/aromatic N) is 1. The van der Waals surface area contributed by atoms with Crippen molar-refractivity contribution in [2.45, 2.75) is 45.4 Å². The molecule has 2 aliphatic heterocycles. The van der Waals surface area contributed by atoms with Gasteiger partial charge in [-0.2, -0.15) is 0 Å². The minimum atomic E-state index is -0.510. The van der Waals surface area contributed by atoms with Gasteiger partial charge >= 0.3 is 5.63 Å². The van der Waals surface area contributed by atoms with Gasteiger partial charge in [0.2, 0.25) is 0 Å². The fourth-order valence-electron chi connectivity index (χ4n) is 4.61. The number of piperidine rings is 1. The topological polar surface area (TPSA) is 59.8 Å². The predicted octanol–water partition coefficient (Wildman–Crippen LogP) is 3.77. The molecule has 1 spiro atoms. The molecule has 29 heavy (non-hydrogen) atoms. The van der Waals surface area contributed by atoms with Gasteiger partial charge in [0.15, 0.2) is 0 Å². The van der Waals surface area contributed by atoms with E-state index in [1.807, 2.05) is 36.1 Å². The molecule has 1 aromatic carbocycles. The van der Waals surface area contributed by atoms with E-state index >= 15 is 0 Å². The van der Waals surface area contributed by atoms with Gasteiger partial charge in [-0.1, -0.05) is 30.3 Å². The summed E-state index contributed by atoms with van der Waals surface area (Å²) in [6, 6.07) is 12.0. The predicted molar refractivity (Wildman–Crippen MR) is 111 cm³/mol. The van der Waals surface area contributed by atoms with E-state index in [9.17, 15) is 9.59 Å². The minimum Gasteiger partial charge on any atom is -0.427 e. The molecule has 0 saturated carbocycles. The summed E-state index contributed by atoms with van der Waals surface area (Å²) in [6.07, 6.45) is 5.57. The highest BCUT2D eigenvalue weighted by molar-refractivity contribution is 5.95. The third-order valence-corrected chi connectivity index (χ3v) is 6.58. The molecule has 1 amide bonds. The molecular formula is C24H29NO4. The molecule has 5 heteroatoms. The molecule has 3 heterocycles. The lowest BCUT2D eigenvalue weighted by molar-refractivity contribution is -0.0176. The van der Waals surface area contributed by atoms with Crippen molar-refractivity contribution in [3.63, 3.8) is 0 Å². The largest absolute Gasteiger partial charge is 0.427 e. The fraction of sp³-hybridized carbons (Fsp3) is 0.500. The van der Waals surface area contributed by atoms with Gasteiger partial charge < -0.3 is 14.1 Å². The molecule has 0 unspecified atom stereocenters. The lowest BCUT2D eigenvalue weighted by Crippen LogP contribution is -2.46. The van der Waals surface area contributed by atoms with Crippen LogP contribution in [-0.4, -0.2) is 37.1 Å². The quantitative estimate of drug-likeness (QED) is 0.791. The maximum atomic E-state index is 13.0. The van der Waals surface area contributed by atoms with Crippen LogP contribution in [-0.2, 0) is 17.6 Å². The Morgan fingerprint density at radius 1 is 1.03 bits per heavy atom. The third-order valence-electron chi connectivity index (χ3n) is 6.58. The van der Waals surface area contributed by atoms with Crippen LogP contribution in [0.25, 0.3) is 0 Å². The number of ether oxygens (including phenoxy) is 1. The number of aryl methyl sites for hydroxylation is 3. The summed E-state index contributed by atoms with van der Waals surface area (Å²) in [6.45, 7) is 4.88. The Kier molecular flexibility index (Phi) is 5.86. The summed E-state index contributed by atoms with van der Waals surface area (Å²) in [7, 11) is 0. The molecule has 2 saturated heterocycles. The third kappa shape index (κ3) is 4.45. The average molecular weight is 395 g/mol. The second kappa shape index (κ2) is 8.54. The van der Waals surface area contributed by atoms with Crippen LogP contribution in [0.15, 0.2) is 45.6 Å². The molecule has 0 N–H and O–H groups in total.